The molecule has 2 N–H and O–H groups in total. The number of pyridine rings is 1. The first-order chi connectivity index (χ1) is 20.3. The molecular formula is C30H28N4O7S. The van der Waals surface area contributed by atoms with Crippen LogP contribution in [0.3, 0.4) is 0 Å². The summed E-state index contributed by atoms with van der Waals surface area (Å²) in [7, 11) is -1.40. The molecule has 0 spiro atoms. The third-order valence-corrected chi connectivity index (χ3v) is 8.01. The molecule has 1 aromatic heterocycles. The number of carbonyl (C=O) groups excluding carboxylic acids is 2. The van der Waals surface area contributed by atoms with E-state index in [0.717, 1.165) is 5.56 Å². The lowest BCUT2D eigenvalue weighted by Crippen LogP contribution is -2.52. The van der Waals surface area contributed by atoms with Gasteiger partial charge in [-0.2, -0.15) is 0 Å². The molecule has 0 saturated heterocycles. The Morgan fingerprint density at radius 2 is 1.67 bits per heavy atom. The lowest BCUT2D eigenvalue weighted by molar-refractivity contribution is -0.120. The van der Waals surface area contributed by atoms with E-state index in [4.69, 9.17) is 14.2 Å². The summed E-state index contributed by atoms with van der Waals surface area (Å²) in [6, 6.07) is 21.5. The van der Waals surface area contributed by atoms with Gasteiger partial charge in [0.05, 0.1) is 12.0 Å². The molecule has 42 heavy (non-hydrogen) atoms. The lowest BCUT2D eigenvalue weighted by Gasteiger charge is -2.25. The van der Waals surface area contributed by atoms with Crippen molar-refractivity contribution in [2.75, 3.05) is 25.9 Å². The van der Waals surface area contributed by atoms with Gasteiger partial charge in [-0.05, 0) is 35.9 Å². The molecule has 2 heterocycles. The summed E-state index contributed by atoms with van der Waals surface area (Å²) in [4.78, 5) is 32.2. The van der Waals surface area contributed by atoms with Gasteiger partial charge < -0.3 is 24.4 Å². The zero-order valence-electron chi connectivity index (χ0n) is 22.8. The summed E-state index contributed by atoms with van der Waals surface area (Å²) < 4.78 is 45.0. The molecular weight excluding hydrogens is 560 g/mol. The minimum atomic E-state index is -4.39. The second-order valence-electron chi connectivity index (χ2n) is 9.31. The Morgan fingerprint density at radius 1 is 0.952 bits per heavy atom. The smallest absolute Gasteiger partial charge is 0.329 e. The zero-order valence-corrected chi connectivity index (χ0v) is 23.6. The Bertz CT molecular complexity index is 1710. The first-order valence-corrected chi connectivity index (χ1v) is 14.4. The molecule has 12 heteroatoms. The highest BCUT2D eigenvalue weighted by molar-refractivity contribution is 7.90. The van der Waals surface area contributed by atoms with Crippen LogP contribution in [0, 0.1) is 0 Å². The molecule has 0 fully saturated rings. The van der Waals surface area contributed by atoms with E-state index in [1.165, 1.54) is 24.3 Å². The molecule has 1 aliphatic heterocycles. The molecule has 3 aromatic carbocycles. The van der Waals surface area contributed by atoms with Crippen molar-refractivity contribution in [1.82, 2.24) is 15.0 Å². The Kier molecular flexibility index (Phi) is 8.25. The number of aromatic nitrogens is 1. The summed E-state index contributed by atoms with van der Waals surface area (Å²) in [5.74, 6) is 0.815. The van der Waals surface area contributed by atoms with Gasteiger partial charge in [-0.3, -0.25) is 4.79 Å². The van der Waals surface area contributed by atoms with Crippen LogP contribution in [-0.4, -0.2) is 52.3 Å². The van der Waals surface area contributed by atoms with Gasteiger partial charge in [-0.1, -0.05) is 48.5 Å². The van der Waals surface area contributed by atoms with Crippen molar-refractivity contribution in [3.63, 3.8) is 0 Å². The van der Waals surface area contributed by atoms with Crippen molar-refractivity contribution < 1.29 is 32.2 Å². The van der Waals surface area contributed by atoms with E-state index in [1.54, 1.807) is 55.6 Å². The average molecular weight is 589 g/mol. The molecule has 1 atom stereocenters. The van der Waals surface area contributed by atoms with Gasteiger partial charge in [0.1, 0.15) is 6.04 Å². The minimum Gasteiger partial charge on any atom is -0.481 e. The van der Waals surface area contributed by atoms with Crippen molar-refractivity contribution in [1.29, 1.82) is 0 Å². The molecule has 11 nitrogen and oxygen atoms in total. The number of fused-ring (bicyclic) bond motifs is 1. The number of sulfonamides is 1. The van der Waals surface area contributed by atoms with E-state index < -0.39 is 28.0 Å². The molecule has 1 unspecified atom stereocenters. The quantitative estimate of drug-likeness (QED) is 0.302. The molecule has 0 aliphatic carbocycles. The number of rotatable bonds is 9. The summed E-state index contributed by atoms with van der Waals surface area (Å²) >= 11 is 0. The number of amides is 3. The van der Waals surface area contributed by atoms with Crippen molar-refractivity contribution >= 4 is 27.6 Å². The molecule has 4 aromatic rings. The van der Waals surface area contributed by atoms with Crippen LogP contribution in [-0.2, 0) is 21.2 Å². The van der Waals surface area contributed by atoms with Crippen molar-refractivity contribution in [2.24, 2.45) is 0 Å². The summed E-state index contributed by atoms with van der Waals surface area (Å²) in [5, 5.41) is 2.56. The molecule has 0 bridgehead atoms. The topological polar surface area (TPSA) is 136 Å². The first kappa shape index (κ1) is 28.4. The highest BCUT2D eigenvalue weighted by Gasteiger charge is 2.29. The normalized spacial score (nSPS) is 12.7. The third kappa shape index (κ3) is 6.13. The van der Waals surface area contributed by atoms with Crippen LogP contribution in [0.4, 0.5) is 10.5 Å². The molecule has 0 saturated carbocycles. The summed E-state index contributed by atoms with van der Waals surface area (Å²) in [6.45, 7) is 0.0833. The van der Waals surface area contributed by atoms with E-state index in [-0.39, 0.29) is 24.0 Å². The minimum absolute atomic E-state index is 0.0833. The summed E-state index contributed by atoms with van der Waals surface area (Å²) in [6.07, 6.45) is 1.64. The third-order valence-electron chi connectivity index (χ3n) is 6.62. The molecule has 3 amide bonds. The van der Waals surface area contributed by atoms with Crippen LogP contribution in [0.1, 0.15) is 5.56 Å². The second kappa shape index (κ2) is 12.2. The van der Waals surface area contributed by atoms with Crippen molar-refractivity contribution in [3.8, 4) is 28.5 Å². The number of nitrogens with one attached hydrogen (secondary N) is 2. The molecule has 216 valence electrons. The highest BCUT2D eigenvalue weighted by atomic mass is 32.2. The largest absolute Gasteiger partial charge is 0.481 e. The van der Waals surface area contributed by atoms with Crippen LogP contribution in [0.15, 0.2) is 96.0 Å². The van der Waals surface area contributed by atoms with Crippen molar-refractivity contribution in [2.45, 2.75) is 17.4 Å². The number of anilines is 1. The van der Waals surface area contributed by atoms with E-state index in [0.29, 0.717) is 28.3 Å². The average Bonchev–Trinajstić information content (AvgIpc) is 3.48. The predicted molar refractivity (Wildman–Crippen MR) is 155 cm³/mol. The number of nitrogens with zero attached hydrogens (tertiary/aromatic N) is 2. The predicted octanol–water partition coefficient (Wildman–Crippen LogP) is 3.75. The molecule has 0 radical (unpaired) electrons. The zero-order chi connectivity index (χ0) is 29.7. The number of ether oxygens (including phenoxy) is 3. The number of hydrogen-bond acceptors (Lipinski definition) is 8. The van der Waals surface area contributed by atoms with Crippen LogP contribution in [0.25, 0.3) is 11.1 Å². The Hall–Kier alpha value is -5.10. The number of urea groups is 1. The number of likely N-dealkylation sites (N-methyl/N-ethyl adjacent to an activating group) is 1. The number of carbonyl (C=O) groups is 2. The fourth-order valence-corrected chi connectivity index (χ4v) is 5.69. The first-order valence-electron chi connectivity index (χ1n) is 12.9. The van der Waals surface area contributed by atoms with Crippen LogP contribution in [0.2, 0.25) is 0 Å². The van der Waals surface area contributed by atoms with Gasteiger partial charge in [0, 0.05) is 42.5 Å². The Labute approximate surface area is 243 Å². The van der Waals surface area contributed by atoms with E-state index in [9.17, 15) is 18.0 Å². The maximum Gasteiger partial charge on any atom is 0.329 e. The SMILES string of the molecule is COc1ncccc1-c1ccccc1S(=O)(=O)NC(=O)NC(Cc1ccccc1)C(=O)N(C)c1ccc2c(c1)OCO2. The van der Waals surface area contributed by atoms with Crippen LogP contribution >= 0.6 is 0 Å². The van der Waals surface area contributed by atoms with Crippen LogP contribution < -0.4 is 29.1 Å². The Morgan fingerprint density at radius 3 is 2.45 bits per heavy atom. The molecule has 1 aliphatic rings. The number of hydrogen-bond donors (Lipinski definition) is 2. The number of methoxy groups -OCH3 is 1. The lowest BCUT2D eigenvalue weighted by atomic mass is 10.0. The van der Waals surface area contributed by atoms with Crippen LogP contribution in [0.5, 0.6) is 17.4 Å². The molecule has 5 rings (SSSR count). The standard InChI is InChI=1S/C30H28N4O7S/c1-34(21-14-15-25-26(18-21)41-19-40-25)29(35)24(17-20-9-4-3-5-10-20)32-30(36)33-42(37,38)27-13-7-6-11-22(27)23-12-8-16-31-28(23)39-2/h3-16,18,24H,17,19H2,1-2H3,(H2,32,33,36). The Balaban J connectivity index is 1.39. The monoisotopic (exact) mass is 588 g/mol. The van der Waals surface area contributed by atoms with Gasteiger partial charge in [0.2, 0.25) is 18.6 Å². The maximum atomic E-state index is 13.7. The van der Waals surface area contributed by atoms with E-state index >= 15 is 0 Å². The van der Waals surface area contributed by atoms with Gasteiger partial charge in [-0.25, -0.2) is 22.9 Å². The van der Waals surface area contributed by atoms with Gasteiger partial charge in [0.15, 0.2) is 11.5 Å². The maximum absolute atomic E-state index is 13.7. The number of benzene rings is 3. The highest BCUT2D eigenvalue weighted by Crippen LogP contribution is 2.35. The second-order valence-corrected chi connectivity index (χ2v) is 11.0. The van der Waals surface area contributed by atoms with Gasteiger partial charge >= 0.3 is 6.03 Å². The van der Waals surface area contributed by atoms with Gasteiger partial charge in [0.25, 0.3) is 10.0 Å². The summed E-state index contributed by atoms with van der Waals surface area (Å²) in [5.41, 5.74) is 2.01. The fourth-order valence-electron chi connectivity index (χ4n) is 4.55. The fraction of sp³-hybridized carbons (Fsp3) is 0.167. The van der Waals surface area contributed by atoms with Gasteiger partial charge in [-0.15, -0.1) is 0 Å². The van der Waals surface area contributed by atoms with Crippen molar-refractivity contribution in [3.05, 3.63) is 96.7 Å². The van der Waals surface area contributed by atoms with E-state index in [2.05, 4.69) is 15.0 Å². The van der Waals surface area contributed by atoms with E-state index in [1.807, 2.05) is 30.3 Å².